The zero-order valence-electron chi connectivity index (χ0n) is 12.2. The Morgan fingerprint density at radius 2 is 1.76 bits per heavy atom. The van der Waals surface area contributed by atoms with Crippen LogP contribution in [0.4, 0.5) is 17.2 Å². The summed E-state index contributed by atoms with van der Waals surface area (Å²) in [4.78, 5) is 8.58. The molecule has 0 saturated carbocycles. The van der Waals surface area contributed by atoms with Gasteiger partial charge < -0.3 is 11.1 Å². The molecule has 0 bridgehead atoms. The van der Waals surface area contributed by atoms with E-state index < -0.39 is 0 Å². The lowest BCUT2D eigenvalue weighted by molar-refractivity contribution is 0.867. The van der Waals surface area contributed by atoms with Gasteiger partial charge in [0.2, 0.25) is 0 Å². The van der Waals surface area contributed by atoms with Crippen molar-refractivity contribution >= 4 is 28.1 Å². The highest BCUT2D eigenvalue weighted by Gasteiger charge is 2.05. The van der Waals surface area contributed by atoms with Gasteiger partial charge in [-0.1, -0.05) is 26.0 Å². The fourth-order valence-electron chi connectivity index (χ4n) is 2.26. The molecule has 0 aliphatic heterocycles. The minimum absolute atomic E-state index is 0.527. The van der Waals surface area contributed by atoms with Gasteiger partial charge >= 0.3 is 0 Å². The molecule has 0 fully saturated rings. The van der Waals surface area contributed by atoms with Crippen molar-refractivity contribution in [3.63, 3.8) is 0 Å². The highest BCUT2D eigenvalue weighted by Crippen LogP contribution is 2.25. The van der Waals surface area contributed by atoms with Crippen LogP contribution in [0.25, 0.3) is 10.9 Å². The zero-order valence-corrected chi connectivity index (χ0v) is 12.2. The molecular weight excluding hydrogens is 260 g/mol. The standard InChI is InChI=1S/C17H18N4/c1-11(2)12-3-6-14(7-4-12)21-17-15-9-13(18)5-8-16(15)19-10-20-17/h3-11H,18H2,1-2H3,(H,19,20,21). The van der Waals surface area contributed by atoms with Crippen molar-refractivity contribution in [1.82, 2.24) is 9.97 Å². The van der Waals surface area contributed by atoms with Crippen LogP contribution in [0, 0.1) is 0 Å². The number of anilines is 3. The second-order valence-electron chi connectivity index (χ2n) is 5.40. The Morgan fingerprint density at radius 3 is 2.48 bits per heavy atom. The van der Waals surface area contributed by atoms with Crippen molar-refractivity contribution in [2.24, 2.45) is 0 Å². The van der Waals surface area contributed by atoms with Crippen LogP contribution in [0.1, 0.15) is 25.3 Å². The lowest BCUT2D eigenvalue weighted by atomic mass is 10.0. The number of fused-ring (bicyclic) bond motifs is 1. The molecule has 3 N–H and O–H groups in total. The Kier molecular flexibility index (Phi) is 3.44. The molecule has 0 amide bonds. The van der Waals surface area contributed by atoms with Gasteiger partial charge in [0.1, 0.15) is 12.1 Å². The van der Waals surface area contributed by atoms with E-state index >= 15 is 0 Å². The third-order valence-corrected chi connectivity index (χ3v) is 3.50. The van der Waals surface area contributed by atoms with Gasteiger partial charge in [-0.3, -0.25) is 0 Å². The summed E-state index contributed by atoms with van der Waals surface area (Å²) in [5, 5.41) is 4.26. The van der Waals surface area contributed by atoms with Crippen LogP contribution in [0.2, 0.25) is 0 Å². The number of hydrogen-bond acceptors (Lipinski definition) is 4. The molecule has 0 unspecified atom stereocenters. The summed E-state index contributed by atoms with van der Waals surface area (Å²) in [6, 6.07) is 14.0. The first-order valence-electron chi connectivity index (χ1n) is 7.01. The first kappa shape index (κ1) is 13.4. The quantitative estimate of drug-likeness (QED) is 0.709. The molecule has 0 saturated heterocycles. The Hall–Kier alpha value is -2.62. The molecule has 2 aromatic carbocycles. The number of nitrogens with one attached hydrogen (secondary N) is 1. The fourth-order valence-corrected chi connectivity index (χ4v) is 2.26. The van der Waals surface area contributed by atoms with Crippen LogP contribution in [-0.4, -0.2) is 9.97 Å². The highest BCUT2D eigenvalue weighted by atomic mass is 15.0. The van der Waals surface area contributed by atoms with E-state index in [1.807, 2.05) is 18.2 Å². The molecule has 0 radical (unpaired) electrons. The summed E-state index contributed by atoms with van der Waals surface area (Å²) in [6.45, 7) is 4.37. The third-order valence-electron chi connectivity index (χ3n) is 3.50. The number of rotatable bonds is 3. The molecule has 3 aromatic rings. The third kappa shape index (κ3) is 2.79. The highest BCUT2D eigenvalue weighted by molar-refractivity contribution is 5.92. The van der Waals surface area contributed by atoms with E-state index in [1.54, 1.807) is 6.33 Å². The maximum atomic E-state index is 5.86. The number of benzene rings is 2. The van der Waals surface area contributed by atoms with Crippen LogP contribution in [0.5, 0.6) is 0 Å². The normalized spacial score (nSPS) is 11.0. The Bertz CT molecular complexity index is 763. The predicted molar refractivity (Wildman–Crippen MR) is 87.8 cm³/mol. The summed E-state index contributed by atoms with van der Waals surface area (Å²) in [5.74, 6) is 1.29. The molecular formula is C17H18N4. The van der Waals surface area contributed by atoms with E-state index in [0.717, 1.165) is 22.4 Å². The van der Waals surface area contributed by atoms with Crippen molar-refractivity contribution in [2.75, 3.05) is 11.1 Å². The summed E-state index contributed by atoms with van der Waals surface area (Å²) < 4.78 is 0. The van der Waals surface area contributed by atoms with Crippen LogP contribution in [-0.2, 0) is 0 Å². The molecule has 21 heavy (non-hydrogen) atoms. The van der Waals surface area contributed by atoms with E-state index in [-0.39, 0.29) is 0 Å². The van der Waals surface area contributed by atoms with E-state index in [9.17, 15) is 0 Å². The topological polar surface area (TPSA) is 63.8 Å². The van der Waals surface area contributed by atoms with Crippen molar-refractivity contribution < 1.29 is 0 Å². The number of nitrogens with zero attached hydrogens (tertiary/aromatic N) is 2. The van der Waals surface area contributed by atoms with Crippen molar-refractivity contribution in [3.05, 3.63) is 54.4 Å². The van der Waals surface area contributed by atoms with Gasteiger partial charge in [0.25, 0.3) is 0 Å². The summed E-state index contributed by atoms with van der Waals surface area (Å²) in [6.07, 6.45) is 1.56. The Morgan fingerprint density at radius 1 is 1.00 bits per heavy atom. The number of nitrogens with two attached hydrogens (primary N) is 1. The molecule has 106 valence electrons. The smallest absolute Gasteiger partial charge is 0.141 e. The molecule has 0 aliphatic carbocycles. The summed E-state index contributed by atoms with van der Waals surface area (Å²) in [5.41, 5.74) is 9.75. The van der Waals surface area contributed by atoms with E-state index in [4.69, 9.17) is 5.73 Å². The van der Waals surface area contributed by atoms with Gasteiger partial charge in [-0.15, -0.1) is 0 Å². The van der Waals surface area contributed by atoms with Gasteiger partial charge in [0.05, 0.1) is 5.52 Å². The maximum absolute atomic E-state index is 5.86. The first-order valence-corrected chi connectivity index (χ1v) is 7.01. The molecule has 4 nitrogen and oxygen atoms in total. The predicted octanol–water partition coefficient (Wildman–Crippen LogP) is 4.08. The maximum Gasteiger partial charge on any atom is 0.141 e. The van der Waals surface area contributed by atoms with Gasteiger partial charge in [-0.25, -0.2) is 9.97 Å². The average molecular weight is 278 g/mol. The molecule has 4 heteroatoms. The van der Waals surface area contributed by atoms with E-state index in [1.165, 1.54) is 5.56 Å². The molecule has 3 rings (SSSR count). The Balaban J connectivity index is 1.96. The lowest BCUT2D eigenvalue weighted by Crippen LogP contribution is -1.97. The van der Waals surface area contributed by atoms with Gasteiger partial charge in [-0.05, 0) is 41.8 Å². The summed E-state index contributed by atoms with van der Waals surface area (Å²) in [7, 11) is 0. The van der Waals surface area contributed by atoms with Gasteiger partial charge in [-0.2, -0.15) is 0 Å². The average Bonchev–Trinajstić information content (AvgIpc) is 2.48. The molecule has 0 spiro atoms. The van der Waals surface area contributed by atoms with Gasteiger partial charge in [0.15, 0.2) is 0 Å². The van der Waals surface area contributed by atoms with Crippen LogP contribution in [0.3, 0.4) is 0 Å². The fraction of sp³-hybridized carbons (Fsp3) is 0.176. The van der Waals surface area contributed by atoms with Crippen LogP contribution < -0.4 is 11.1 Å². The second-order valence-corrected chi connectivity index (χ2v) is 5.40. The van der Waals surface area contributed by atoms with Crippen molar-refractivity contribution in [2.45, 2.75) is 19.8 Å². The van der Waals surface area contributed by atoms with Crippen molar-refractivity contribution in [1.29, 1.82) is 0 Å². The van der Waals surface area contributed by atoms with Crippen LogP contribution >= 0.6 is 0 Å². The number of hydrogen-bond donors (Lipinski definition) is 2. The summed E-state index contributed by atoms with van der Waals surface area (Å²) >= 11 is 0. The van der Waals surface area contributed by atoms with Crippen molar-refractivity contribution in [3.8, 4) is 0 Å². The van der Waals surface area contributed by atoms with E-state index in [0.29, 0.717) is 11.6 Å². The molecule has 1 heterocycles. The van der Waals surface area contributed by atoms with Crippen LogP contribution in [0.15, 0.2) is 48.8 Å². The molecule has 0 aliphatic rings. The first-order chi connectivity index (χ1) is 10.1. The van der Waals surface area contributed by atoms with E-state index in [2.05, 4.69) is 53.4 Å². The van der Waals surface area contributed by atoms with Gasteiger partial charge in [0, 0.05) is 16.8 Å². The minimum Gasteiger partial charge on any atom is -0.399 e. The largest absolute Gasteiger partial charge is 0.399 e. The second kappa shape index (κ2) is 5.40. The minimum atomic E-state index is 0.527. The lowest BCUT2D eigenvalue weighted by Gasteiger charge is -2.10. The molecule has 1 aromatic heterocycles. The molecule has 0 atom stereocenters. The SMILES string of the molecule is CC(C)c1ccc(Nc2ncnc3ccc(N)cc23)cc1. The number of nitrogen functional groups attached to an aromatic ring is 1. The monoisotopic (exact) mass is 278 g/mol. The number of aromatic nitrogens is 2. The zero-order chi connectivity index (χ0) is 14.8. The Labute approximate surface area is 124 Å².